The van der Waals surface area contributed by atoms with Crippen molar-refractivity contribution in [1.29, 1.82) is 0 Å². The average Bonchev–Trinajstić information content (AvgIpc) is 3.12. The molecule has 0 bridgehead atoms. The molecule has 0 aliphatic carbocycles. The van der Waals surface area contributed by atoms with Crippen molar-refractivity contribution in [3.8, 4) is 0 Å². The highest BCUT2D eigenvalue weighted by atomic mass is 32.1. The number of H-pyrrole nitrogens is 1. The average molecular weight is 289 g/mol. The maximum atomic E-state index is 4.41. The third-order valence-corrected chi connectivity index (χ3v) is 4.01. The van der Waals surface area contributed by atoms with Crippen LogP contribution < -0.4 is 10.6 Å². The summed E-state index contributed by atoms with van der Waals surface area (Å²) in [7, 11) is 1.78. The molecule has 3 N–H and O–H groups in total. The third kappa shape index (κ3) is 2.42. The number of thiazole rings is 1. The van der Waals surface area contributed by atoms with E-state index in [9.17, 15) is 0 Å². The molecule has 0 radical (unpaired) electrons. The molecule has 0 aliphatic heterocycles. The number of rotatable bonds is 5. The van der Waals surface area contributed by atoms with Crippen LogP contribution in [0.3, 0.4) is 0 Å². The zero-order valence-corrected chi connectivity index (χ0v) is 12.1. The van der Waals surface area contributed by atoms with Crippen LogP contribution in [0.1, 0.15) is 16.8 Å². The fourth-order valence-electron chi connectivity index (χ4n) is 1.83. The molecule has 0 amide bonds. The predicted molar refractivity (Wildman–Crippen MR) is 80.0 cm³/mol. The molecular weight excluding hydrogens is 274 g/mol. The van der Waals surface area contributed by atoms with Crippen LogP contribution in [0, 0.1) is 0 Å². The van der Waals surface area contributed by atoms with Gasteiger partial charge >= 0.3 is 0 Å². The van der Waals surface area contributed by atoms with E-state index in [1.165, 1.54) is 4.88 Å². The molecule has 20 heavy (non-hydrogen) atoms. The Morgan fingerprint density at radius 2 is 2.20 bits per heavy atom. The van der Waals surface area contributed by atoms with Gasteiger partial charge in [-0.15, -0.1) is 11.3 Å². The highest BCUT2D eigenvalue weighted by Gasteiger charge is 2.09. The second-order valence-corrected chi connectivity index (χ2v) is 5.37. The van der Waals surface area contributed by atoms with Gasteiger partial charge in [0.15, 0.2) is 11.5 Å². The molecular formula is C12H15N7S. The summed E-state index contributed by atoms with van der Waals surface area (Å²) >= 11 is 1.71. The molecule has 3 heterocycles. The molecule has 0 saturated carbocycles. The van der Waals surface area contributed by atoms with Crippen molar-refractivity contribution in [1.82, 2.24) is 24.9 Å². The molecule has 0 saturated heterocycles. The number of fused-ring (bicyclic) bond motifs is 1. The van der Waals surface area contributed by atoms with Gasteiger partial charge in [0, 0.05) is 18.1 Å². The summed E-state index contributed by atoms with van der Waals surface area (Å²) in [6, 6.07) is 0. The van der Waals surface area contributed by atoms with Gasteiger partial charge in [0.1, 0.15) is 10.5 Å². The van der Waals surface area contributed by atoms with Gasteiger partial charge in [-0.25, -0.2) is 9.97 Å². The maximum Gasteiger partial charge on any atom is 0.226 e. The lowest BCUT2D eigenvalue weighted by atomic mass is 10.4. The van der Waals surface area contributed by atoms with Crippen LogP contribution >= 0.6 is 11.3 Å². The van der Waals surface area contributed by atoms with Crippen molar-refractivity contribution in [3.63, 3.8) is 0 Å². The summed E-state index contributed by atoms with van der Waals surface area (Å²) in [5.74, 6) is 1.27. The Morgan fingerprint density at radius 1 is 1.30 bits per heavy atom. The molecule has 0 fully saturated rings. The molecule has 3 aromatic heterocycles. The van der Waals surface area contributed by atoms with E-state index in [2.05, 4.69) is 42.5 Å². The lowest BCUT2D eigenvalue weighted by Crippen LogP contribution is -2.05. The van der Waals surface area contributed by atoms with Crippen molar-refractivity contribution in [2.24, 2.45) is 0 Å². The first kappa shape index (κ1) is 12.8. The number of nitrogens with one attached hydrogen (secondary N) is 3. The first-order valence-corrected chi connectivity index (χ1v) is 7.18. The van der Waals surface area contributed by atoms with Gasteiger partial charge in [-0.2, -0.15) is 9.97 Å². The number of nitrogens with zero attached hydrogens (tertiary/aromatic N) is 4. The summed E-state index contributed by atoms with van der Waals surface area (Å²) in [4.78, 5) is 21.6. The van der Waals surface area contributed by atoms with Crippen molar-refractivity contribution in [2.75, 3.05) is 17.7 Å². The van der Waals surface area contributed by atoms with Gasteiger partial charge in [-0.05, 0) is 6.42 Å². The normalized spacial score (nSPS) is 10.9. The quantitative estimate of drug-likeness (QED) is 0.665. The molecule has 3 rings (SSSR count). The lowest BCUT2D eigenvalue weighted by molar-refractivity contribution is 1.07. The van der Waals surface area contributed by atoms with Crippen molar-refractivity contribution in [3.05, 3.63) is 22.4 Å². The molecule has 0 aromatic carbocycles. The summed E-state index contributed by atoms with van der Waals surface area (Å²) in [5.41, 5.74) is 1.44. The largest absolute Gasteiger partial charge is 0.362 e. The maximum absolute atomic E-state index is 4.41. The van der Waals surface area contributed by atoms with E-state index in [1.54, 1.807) is 24.7 Å². The van der Waals surface area contributed by atoms with Gasteiger partial charge in [0.2, 0.25) is 5.95 Å². The molecule has 0 spiro atoms. The van der Waals surface area contributed by atoms with Crippen molar-refractivity contribution < 1.29 is 0 Å². The second kappa shape index (κ2) is 5.41. The number of aromatic amines is 1. The minimum atomic E-state index is 0.542. The van der Waals surface area contributed by atoms with Crippen LogP contribution in [0.5, 0.6) is 0 Å². The van der Waals surface area contributed by atoms with Gasteiger partial charge in [-0.3, -0.25) is 0 Å². The molecule has 104 valence electrons. The summed E-state index contributed by atoms with van der Waals surface area (Å²) < 4.78 is 0. The predicted octanol–water partition coefficient (Wildman–Crippen LogP) is 2.03. The first-order valence-electron chi connectivity index (χ1n) is 6.36. The van der Waals surface area contributed by atoms with E-state index >= 15 is 0 Å². The minimum Gasteiger partial charge on any atom is -0.362 e. The Bertz CT molecular complexity index is 717. The van der Waals surface area contributed by atoms with E-state index in [1.807, 2.05) is 6.20 Å². The summed E-state index contributed by atoms with van der Waals surface area (Å²) in [6.07, 6.45) is 4.55. The van der Waals surface area contributed by atoms with Crippen molar-refractivity contribution >= 4 is 34.3 Å². The molecule has 8 heteroatoms. The minimum absolute atomic E-state index is 0.542. The fourth-order valence-corrected chi connectivity index (χ4v) is 2.63. The fraction of sp³-hybridized carbons (Fsp3) is 0.333. The Balaban J connectivity index is 1.84. The zero-order valence-electron chi connectivity index (χ0n) is 11.3. The standard InChI is InChI=1S/C12H15N7S/c1-3-7-4-14-8(20-7)5-15-10-9-11(17-6-16-9)19-12(13-2)18-10/h4,6H,3,5H2,1-2H3,(H3,13,15,16,17,18,19). The Kier molecular flexibility index (Phi) is 3.46. The number of hydrogen-bond donors (Lipinski definition) is 3. The van der Waals surface area contributed by atoms with E-state index in [-0.39, 0.29) is 0 Å². The monoisotopic (exact) mass is 289 g/mol. The van der Waals surface area contributed by atoms with E-state index in [0.717, 1.165) is 22.8 Å². The van der Waals surface area contributed by atoms with Crippen LogP contribution in [0.15, 0.2) is 12.5 Å². The van der Waals surface area contributed by atoms with Crippen LogP contribution in [0.4, 0.5) is 11.8 Å². The molecule has 3 aromatic rings. The second-order valence-electron chi connectivity index (χ2n) is 4.17. The summed E-state index contributed by atoms with van der Waals surface area (Å²) in [6.45, 7) is 2.77. The first-order chi connectivity index (χ1) is 9.80. The van der Waals surface area contributed by atoms with E-state index in [4.69, 9.17) is 0 Å². The highest BCUT2D eigenvalue weighted by molar-refractivity contribution is 7.11. The van der Waals surface area contributed by atoms with Gasteiger partial charge in [0.25, 0.3) is 0 Å². The van der Waals surface area contributed by atoms with E-state index in [0.29, 0.717) is 18.1 Å². The number of anilines is 2. The van der Waals surface area contributed by atoms with Crippen LogP contribution in [-0.2, 0) is 13.0 Å². The Hall–Kier alpha value is -2.22. The number of imidazole rings is 1. The zero-order chi connectivity index (χ0) is 13.9. The summed E-state index contributed by atoms with van der Waals surface area (Å²) in [5, 5.41) is 7.26. The Morgan fingerprint density at radius 3 is 2.95 bits per heavy atom. The van der Waals surface area contributed by atoms with Gasteiger partial charge in [-0.1, -0.05) is 6.92 Å². The van der Waals surface area contributed by atoms with Gasteiger partial charge < -0.3 is 15.6 Å². The third-order valence-electron chi connectivity index (χ3n) is 2.87. The van der Waals surface area contributed by atoms with E-state index < -0.39 is 0 Å². The van der Waals surface area contributed by atoms with Crippen LogP contribution in [0.2, 0.25) is 0 Å². The molecule has 0 unspecified atom stereocenters. The van der Waals surface area contributed by atoms with Crippen molar-refractivity contribution in [2.45, 2.75) is 19.9 Å². The lowest BCUT2D eigenvalue weighted by Gasteiger charge is -2.06. The number of aromatic nitrogens is 5. The number of hydrogen-bond acceptors (Lipinski definition) is 7. The molecule has 7 nitrogen and oxygen atoms in total. The van der Waals surface area contributed by atoms with Gasteiger partial charge in [0.05, 0.1) is 12.9 Å². The molecule has 0 aliphatic rings. The smallest absolute Gasteiger partial charge is 0.226 e. The number of aryl methyl sites for hydroxylation is 1. The Labute approximate surface area is 119 Å². The molecule has 0 atom stereocenters. The SMILES string of the molecule is CCc1cnc(CNc2nc(NC)nc3nc[nH]c23)s1. The highest BCUT2D eigenvalue weighted by Crippen LogP contribution is 2.20. The van der Waals surface area contributed by atoms with Crippen LogP contribution in [0.25, 0.3) is 11.2 Å². The van der Waals surface area contributed by atoms with Crippen LogP contribution in [-0.4, -0.2) is 32.0 Å². The topological polar surface area (TPSA) is 91.4 Å².